The zero-order valence-corrected chi connectivity index (χ0v) is 14.7. The van der Waals surface area contributed by atoms with Crippen LogP contribution in [0.3, 0.4) is 0 Å². The minimum Gasteiger partial charge on any atom is -0.507 e. The van der Waals surface area contributed by atoms with Gasteiger partial charge >= 0.3 is 12.0 Å². The summed E-state index contributed by atoms with van der Waals surface area (Å²) >= 11 is 0. The number of nitrogens with zero attached hydrogens (tertiary/aromatic N) is 2. The number of hydrogen-bond acceptors (Lipinski definition) is 3. The van der Waals surface area contributed by atoms with E-state index in [1.54, 1.807) is 9.48 Å². The molecule has 0 fully saturated rings. The lowest BCUT2D eigenvalue weighted by molar-refractivity contribution is -0.471. The summed E-state index contributed by atoms with van der Waals surface area (Å²) < 4.78 is 1.78. The van der Waals surface area contributed by atoms with E-state index in [2.05, 4.69) is 10.6 Å². The molecule has 128 valence electrons. The van der Waals surface area contributed by atoms with Crippen LogP contribution in [0.4, 0.5) is 10.5 Å². The fraction of sp³-hybridized carbons (Fsp3) is 0.500. The number of carbonyl (C=O) groups excluding carboxylic acids is 1. The van der Waals surface area contributed by atoms with Crippen molar-refractivity contribution < 1.29 is 19.6 Å². The zero-order valence-electron chi connectivity index (χ0n) is 14.7. The summed E-state index contributed by atoms with van der Waals surface area (Å²) in [7, 11) is 7.30. The third kappa shape index (κ3) is 4.28. The van der Waals surface area contributed by atoms with Crippen molar-refractivity contribution >= 4 is 17.7 Å². The maximum Gasteiger partial charge on any atom is 0.384 e. The van der Waals surface area contributed by atoms with Crippen LogP contribution in [0.15, 0.2) is 6.07 Å². The number of nitrogens with one attached hydrogen (secondary N) is 2. The molecule has 0 heterocycles. The number of phenols is 2. The Balaban J connectivity index is 3.18. The average molecular weight is 323 g/mol. The first-order valence-electron chi connectivity index (χ1n) is 7.59. The molecule has 0 saturated heterocycles. The molecule has 1 aromatic carbocycles. The van der Waals surface area contributed by atoms with Gasteiger partial charge in [0.2, 0.25) is 0 Å². The second kappa shape index (κ2) is 7.71. The SMILES string of the molecule is CCc1c(O)cc(O)c(CC)c1NC(=O)NC(N(C)C)=[N+](C)C. The zero-order chi connectivity index (χ0) is 17.7. The molecule has 2 amide bonds. The van der Waals surface area contributed by atoms with Crippen LogP contribution in [0, 0.1) is 0 Å². The maximum absolute atomic E-state index is 12.3. The van der Waals surface area contributed by atoms with Gasteiger partial charge in [0.15, 0.2) is 0 Å². The van der Waals surface area contributed by atoms with Crippen LogP contribution in [0.2, 0.25) is 0 Å². The lowest BCUT2D eigenvalue weighted by Crippen LogP contribution is -2.46. The fourth-order valence-corrected chi connectivity index (χ4v) is 2.48. The van der Waals surface area contributed by atoms with Gasteiger partial charge in [-0.25, -0.2) is 4.79 Å². The van der Waals surface area contributed by atoms with E-state index in [4.69, 9.17) is 0 Å². The van der Waals surface area contributed by atoms with Crippen molar-refractivity contribution in [1.82, 2.24) is 10.2 Å². The lowest BCUT2D eigenvalue weighted by Gasteiger charge is -2.17. The van der Waals surface area contributed by atoms with Crippen molar-refractivity contribution in [2.75, 3.05) is 33.5 Å². The molecule has 1 rings (SSSR count). The number of guanidine groups is 1. The Hall–Kier alpha value is -2.44. The molecule has 0 bridgehead atoms. The smallest absolute Gasteiger partial charge is 0.384 e. The van der Waals surface area contributed by atoms with Gasteiger partial charge in [0.05, 0.1) is 33.9 Å². The van der Waals surface area contributed by atoms with E-state index in [0.717, 1.165) is 0 Å². The Morgan fingerprint density at radius 1 is 1.13 bits per heavy atom. The van der Waals surface area contributed by atoms with Gasteiger partial charge in [-0.2, -0.15) is 5.32 Å². The van der Waals surface area contributed by atoms with Gasteiger partial charge < -0.3 is 10.2 Å². The number of urea groups is 1. The van der Waals surface area contributed by atoms with Crippen molar-refractivity contribution in [1.29, 1.82) is 0 Å². The molecule has 0 aliphatic rings. The van der Waals surface area contributed by atoms with E-state index in [0.29, 0.717) is 35.6 Å². The van der Waals surface area contributed by atoms with E-state index in [1.807, 2.05) is 42.0 Å². The highest BCUT2D eigenvalue weighted by atomic mass is 16.3. The molecule has 4 N–H and O–H groups in total. The molecule has 0 atom stereocenters. The van der Waals surface area contributed by atoms with E-state index in [1.165, 1.54) is 6.07 Å². The first-order valence-corrected chi connectivity index (χ1v) is 7.59. The van der Waals surface area contributed by atoms with Crippen molar-refractivity contribution in [3.8, 4) is 11.5 Å². The predicted octanol–water partition coefficient (Wildman–Crippen LogP) is 1.53. The van der Waals surface area contributed by atoms with Crippen LogP contribution >= 0.6 is 0 Å². The summed E-state index contributed by atoms with van der Waals surface area (Å²) in [5.74, 6) is 0.562. The molecule has 0 spiro atoms. The molecule has 0 saturated carbocycles. The number of anilines is 1. The summed E-state index contributed by atoms with van der Waals surface area (Å²) in [5.41, 5.74) is 1.67. The Morgan fingerprint density at radius 3 is 1.96 bits per heavy atom. The van der Waals surface area contributed by atoms with E-state index < -0.39 is 6.03 Å². The normalized spacial score (nSPS) is 10.2. The molecule has 0 aliphatic carbocycles. The molecule has 7 nitrogen and oxygen atoms in total. The fourth-order valence-electron chi connectivity index (χ4n) is 2.48. The Labute approximate surface area is 137 Å². The van der Waals surface area contributed by atoms with Crippen molar-refractivity contribution in [3.63, 3.8) is 0 Å². The van der Waals surface area contributed by atoms with Gasteiger partial charge in [0.1, 0.15) is 11.5 Å². The van der Waals surface area contributed by atoms with E-state index in [-0.39, 0.29) is 11.5 Å². The first-order chi connectivity index (χ1) is 10.7. The number of carbonyl (C=O) groups is 1. The number of amides is 2. The minimum absolute atomic E-state index is 0.0260. The van der Waals surface area contributed by atoms with Gasteiger partial charge in [-0.3, -0.25) is 14.8 Å². The molecule has 0 radical (unpaired) electrons. The molecule has 0 aromatic heterocycles. The first kappa shape index (κ1) is 18.6. The molecule has 0 aliphatic heterocycles. The monoisotopic (exact) mass is 323 g/mol. The second-order valence-electron chi connectivity index (χ2n) is 5.65. The Morgan fingerprint density at radius 2 is 1.61 bits per heavy atom. The lowest BCUT2D eigenvalue weighted by atomic mass is 10.0. The summed E-state index contributed by atoms with van der Waals surface area (Å²) in [5, 5.41) is 25.5. The predicted molar refractivity (Wildman–Crippen MR) is 91.5 cm³/mol. The van der Waals surface area contributed by atoms with Crippen molar-refractivity contribution in [3.05, 3.63) is 17.2 Å². The number of rotatable bonds is 3. The third-order valence-electron chi connectivity index (χ3n) is 3.51. The average Bonchev–Trinajstić information content (AvgIpc) is 2.44. The molecule has 1 aromatic rings. The largest absolute Gasteiger partial charge is 0.507 e. The van der Waals surface area contributed by atoms with Crippen molar-refractivity contribution in [2.45, 2.75) is 26.7 Å². The summed E-state index contributed by atoms with van der Waals surface area (Å²) in [6.45, 7) is 3.76. The number of benzene rings is 1. The van der Waals surface area contributed by atoms with Gasteiger partial charge in [-0.1, -0.05) is 13.8 Å². The van der Waals surface area contributed by atoms with Crippen LogP contribution in [0.25, 0.3) is 0 Å². The van der Waals surface area contributed by atoms with Crippen molar-refractivity contribution in [2.24, 2.45) is 0 Å². The molecule has 0 unspecified atom stereocenters. The second-order valence-corrected chi connectivity index (χ2v) is 5.65. The topological polar surface area (TPSA) is 87.8 Å². The minimum atomic E-state index is -0.434. The highest BCUT2D eigenvalue weighted by molar-refractivity contribution is 6.01. The standard InChI is InChI=1S/C16H26N4O3/c1-7-10-12(21)9-13(22)11(8-2)14(10)17-15(23)18-16(19(3)4)20(5)6/h9H,7-8H2,1-6H3,(H3,17,21,22,23)/p+1. The van der Waals surface area contributed by atoms with Crippen LogP contribution in [0.1, 0.15) is 25.0 Å². The van der Waals surface area contributed by atoms with E-state index >= 15 is 0 Å². The van der Waals surface area contributed by atoms with E-state index in [9.17, 15) is 15.0 Å². The molecule has 23 heavy (non-hydrogen) atoms. The number of hydrogen-bond donors (Lipinski definition) is 4. The Bertz CT molecular complexity index is 592. The van der Waals surface area contributed by atoms with Crippen LogP contribution in [-0.2, 0) is 12.8 Å². The van der Waals surface area contributed by atoms with Crippen LogP contribution in [-0.4, -0.2) is 59.9 Å². The van der Waals surface area contributed by atoms with Gasteiger partial charge in [0, 0.05) is 17.2 Å². The van der Waals surface area contributed by atoms with Gasteiger partial charge in [0.25, 0.3) is 0 Å². The van der Waals surface area contributed by atoms with Crippen LogP contribution < -0.4 is 10.6 Å². The molecular formula is C16H27N4O3+. The quantitative estimate of drug-likeness (QED) is 0.386. The molecule has 7 heteroatoms. The van der Waals surface area contributed by atoms with Gasteiger partial charge in [-0.15, -0.1) is 0 Å². The molecular weight excluding hydrogens is 296 g/mol. The highest BCUT2D eigenvalue weighted by Gasteiger charge is 2.21. The summed E-state index contributed by atoms with van der Waals surface area (Å²) in [6.07, 6.45) is 1.07. The van der Waals surface area contributed by atoms with Crippen LogP contribution in [0.5, 0.6) is 11.5 Å². The summed E-state index contributed by atoms with van der Waals surface area (Å²) in [6, 6.07) is 0.884. The number of aromatic hydroxyl groups is 2. The van der Waals surface area contributed by atoms with Gasteiger partial charge in [-0.05, 0) is 12.8 Å². The summed E-state index contributed by atoms with van der Waals surface area (Å²) in [4.78, 5) is 14.1. The number of phenolic OH excluding ortho intramolecular Hbond substituents is 2. The highest BCUT2D eigenvalue weighted by Crippen LogP contribution is 2.37. The Kier molecular flexibility index (Phi) is 6.24. The third-order valence-corrected chi connectivity index (χ3v) is 3.51. The maximum atomic E-state index is 12.3.